The second kappa shape index (κ2) is 4.39. The Balaban J connectivity index is 2.01. The van der Waals surface area contributed by atoms with Crippen molar-refractivity contribution in [1.82, 2.24) is 9.55 Å². The molecule has 0 aliphatic heterocycles. The summed E-state index contributed by atoms with van der Waals surface area (Å²) < 4.78 is 15.5. The number of hydrogen-bond acceptors (Lipinski definition) is 2. The first-order valence-electron chi connectivity index (χ1n) is 6.09. The van der Waals surface area contributed by atoms with Crippen LogP contribution >= 0.6 is 0 Å². The molecule has 0 amide bonds. The van der Waals surface area contributed by atoms with Crippen LogP contribution in [0.25, 0.3) is 11.0 Å². The number of aromatic nitrogens is 2. The molecular weight excluding hydrogens is 241 g/mol. The molecule has 0 atom stereocenters. The minimum atomic E-state index is -0.378. The van der Waals surface area contributed by atoms with E-state index in [1.54, 1.807) is 6.07 Å². The Kier molecular flexibility index (Phi) is 2.71. The van der Waals surface area contributed by atoms with Gasteiger partial charge in [0.2, 0.25) is 0 Å². The SMILES string of the molecule is Cn1c(Cc2ccc(N)c(F)c2)nc2ccccc21. The van der Waals surface area contributed by atoms with Gasteiger partial charge in [0, 0.05) is 13.5 Å². The van der Waals surface area contributed by atoms with E-state index in [-0.39, 0.29) is 11.5 Å². The van der Waals surface area contributed by atoms with Crippen molar-refractivity contribution in [2.45, 2.75) is 6.42 Å². The number of imidazole rings is 1. The van der Waals surface area contributed by atoms with Crippen LogP contribution in [0.2, 0.25) is 0 Å². The predicted molar refractivity (Wildman–Crippen MR) is 74.3 cm³/mol. The van der Waals surface area contributed by atoms with Crippen LogP contribution in [0, 0.1) is 5.82 Å². The number of anilines is 1. The summed E-state index contributed by atoms with van der Waals surface area (Å²) in [4.78, 5) is 4.57. The second-order valence-electron chi connectivity index (χ2n) is 4.61. The molecular formula is C15H14FN3. The number of hydrogen-bond donors (Lipinski definition) is 1. The lowest BCUT2D eigenvalue weighted by atomic mass is 10.1. The van der Waals surface area contributed by atoms with Crippen LogP contribution in [-0.4, -0.2) is 9.55 Å². The van der Waals surface area contributed by atoms with Crippen molar-refractivity contribution in [3.05, 3.63) is 59.7 Å². The number of halogens is 1. The molecule has 0 fully saturated rings. The smallest absolute Gasteiger partial charge is 0.146 e. The van der Waals surface area contributed by atoms with Gasteiger partial charge >= 0.3 is 0 Å². The fourth-order valence-electron chi connectivity index (χ4n) is 2.22. The zero-order valence-corrected chi connectivity index (χ0v) is 10.6. The quantitative estimate of drug-likeness (QED) is 0.715. The van der Waals surface area contributed by atoms with E-state index in [9.17, 15) is 4.39 Å². The molecule has 96 valence electrons. The van der Waals surface area contributed by atoms with Crippen LogP contribution in [0.4, 0.5) is 10.1 Å². The van der Waals surface area contributed by atoms with E-state index in [1.165, 1.54) is 6.07 Å². The van der Waals surface area contributed by atoms with E-state index < -0.39 is 0 Å². The van der Waals surface area contributed by atoms with Crippen LogP contribution in [-0.2, 0) is 13.5 Å². The Labute approximate surface area is 110 Å². The van der Waals surface area contributed by atoms with Gasteiger partial charge in [-0.05, 0) is 29.8 Å². The number of para-hydroxylation sites is 2. The molecule has 0 unspecified atom stereocenters. The number of rotatable bonds is 2. The first-order valence-corrected chi connectivity index (χ1v) is 6.09. The molecule has 0 bridgehead atoms. The third-order valence-corrected chi connectivity index (χ3v) is 3.31. The Morgan fingerprint density at radius 3 is 2.74 bits per heavy atom. The topological polar surface area (TPSA) is 43.8 Å². The van der Waals surface area contributed by atoms with Gasteiger partial charge in [-0.25, -0.2) is 9.37 Å². The van der Waals surface area contributed by atoms with Crippen molar-refractivity contribution >= 4 is 16.7 Å². The lowest BCUT2D eigenvalue weighted by Gasteiger charge is -2.04. The Hall–Kier alpha value is -2.36. The van der Waals surface area contributed by atoms with Gasteiger partial charge < -0.3 is 10.3 Å². The van der Waals surface area contributed by atoms with Crippen molar-refractivity contribution in [3.8, 4) is 0 Å². The molecule has 0 aliphatic carbocycles. The molecule has 3 aromatic rings. The Bertz CT molecular complexity index is 746. The van der Waals surface area contributed by atoms with Crippen LogP contribution in [0.5, 0.6) is 0 Å². The van der Waals surface area contributed by atoms with Gasteiger partial charge in [-0.3, -0.25) is 0 Å². The van der Waals surface area contributed by atoms with E-state index in [0.717, 1.165) is 22.4 Å². The van der Waals surface area contributed by atoms with E-state index in [2.05, 4.69) is 4.98 Å². The third kappa shape index (κ3) is 2.05. The minimum absolute atomic E-state index is 0.175. The number of fused-ring (bicyclic) bond motifs is 1. The summed E-state index contributed by atoms with van der Waals surface area (Å²) in [6.45, 7) is 0. The third-order valence-electron chi connectivity index (χ3n) is 3.31. The van der Waals surface area contributed by atoms with Gasteiger partial charge in [0.15, 0.2) is 0 Å². The lowest BCUT2D eigenvalue weighted by molar-refractivity contribution is 0.630. The van der Waals surface area contributed by atoms with Crippen molar-refractivity contribution in [2.24, 2.45) is 7.05 Å². The molecule has 2 aromatic carbocycles. The Morgan fingerprint density at radius 2 is 2.00 bits per heavy atom. The van der Waals surface area contributed by atoms with Gasteiger partial charge in [-0.2, -0.15) is 0 Å². The average molecular weight is 255 g/mol. The molecule has 0 radical (unpaired) electrons. The summed E-state index contributed by atoms with van der Waals surface area (Å²) in [5.74, 6) is 0.529. The van der Waals surface area contributed by atoms with Crippen LogP contribution in [0.3, 0.4) is 0 Å². The second-order valence-corrected chi connectivity index (χ2v) is 4.61. The van der Waals surface area contributed by atoms with E-state index in [0.29, 0.717) is 6.42 Å². The summed E-state index contributed by atoms with van der Waals surface area (Å²) in [5.41, 5.74) is 8.55. The normalized spacial score (nSPS) is 11.1. The zero-order chi connectivity index (χ0) is 13.4. The highest BCUT2D eigenvalue weighted by atomic mass is 19.1. The fourth-order valence-corrected chi connectivity index (χ4v) is 2.22. The maximum Gasteiger partial charge on any atom is 0.146 e. The molecule has 0 spiro atoms. The first-order chi connectivity index (χ1) is 9.15. The van der Waals surface area contributed by atoms with Crippen LogP contribution in [0.1, 0.15) is 11.4 Å². The largest absolute Gasteiger partial charge is 0.396 e. The highest BCUT2D eigenvalue weighted by molar-refractivity contribution is 5.75. The minimum Gasteiger partial charge on any atom is -0.396 e. The molecule has 0 saturated heterocycles. The first kappa shape index (κ1) is 11.7. The fraction of sp³-hybridized carbons (Fsp3) is 0.133. The number of aryl methyl sites for hydroxylation is 1. The molecule has 1 aromatic heterocycles. The van der Waals surface area contributed by atoms with Crippen molar-refractivity contribution in [3.63, 3.8) is 0 Å². The predicted octanol–water partition coefficient (Wildman–Crippen LogP) is 2.89. The van der Waals surface area contributed by atoms with Gasteiger partial charge in [0.1, 0.15) is 11.6 Å². The highest BCUT2D eigenvalue weighted by Crippen LogP contribution is 2.18. The lowest BCUT2D eigenvalue weighted by Crippen LogP contribution is -2.00. The van der Waals surface area contributed by atoms with E-state index >= 15 is 0 Å². The van der Waals surface area contributed by atoms with Gasteiger partial charge in [-0.15, -0.1) is 0 Å². The summed E-state index contributed by atoms with van der Waals surface area (Å²) in [7, 11) is 1.97. The molecule has 3 rings (SSSR count). The van der Waals surface area contributed by atoms with Crippen molar-refractivity contribution in [2.75, 3.05) is 5.73 Å². The highest BCUT2D eigenvalue weighted by Gasteiger charge is 2.08. The summed E-state index contributed by atoms with van der Waals surface area (Å²) in [6.07, 6.45) is 0.586. The summed E-state index contributed by atoms with van der Waals surface area (Å²) in [6, 6.07) is 12.8. The monoisotopic (exact) mass is 255 g/mol. The van der Waals surface area contributed by atoms with Crippen LogP contribution in [0.15, 0.2) is 42.5 Å². The van der Waals surface area contributed by atoms with Crippen LogP contribution < -0.4 is 5.73 Å². The molecule has 2 N–H and O–H groups in total. The zero-order valence-electron chi connectivity index (χ0n) is 10.6. The van der Waals surface area contributed by atoms with Gasteiger partial charge in [0.25, 0.3) is 0 Å². The summed E-state index contributed by atoms with van der Waals surface area (Å²) >= 11 is 0. The maximum absolute atomic E-state index is 13.4. The average Bonchev–Trinajstić information content (AvgIpc) is 2.72. The summed E-state index contributed by atoms with van der Waals surface area (Å²) in [5, 5.41) is 0. The molecule has 19 heavy (non-hydrogen) atoms. The van der Waals surface area contributed by atoms with Crippen molar-refractivity contribution in [1.29, 1.82) is 0 Å². The van der Waals surface area contributed by atoms with Gasteiger partial charge in [-0.1, -0.05) is 18.2 Å². The molecule has 0 saturated carbocycles. The molecule has 1 heterocycles. The van der Waals surface area contributed by atoms with Crippen molar-refractivity contribution < 1.29 is 4.39 Å². The Morgan fingerprint density at radius 1 is 1.21 bits per heavy atom. The number of benzene rings is 2. The number of nitrogens with zero attached hydrogens (tertiary/aromatic N) is 2. The number of nitrogens with two attached hydrogens (primary N) is 1. The van der Waals surface area contributed by atoms with E-state index in [1.807, 2.05) is 41.9 Å². The molecule has 3 nitrogen and oxygen atoms in total. The maximum atomic E-state index is 13.4. The van der Waals surface area contributed by atoms with Gasteiger partial charge in [0.05, 0.1) is 16.7 Å². The standard InChI is InChI=1S/C15H14FN3/c1-19-14-5-3-2-4-13(14)18-15(19)9-10-6-7-12(17)11(16)8-10/h2-8H,9,17H2,1H3. The molecule has 0 aliphatic rings. The molecule has 4 heteroatoms. The number of nitrogen functional groups attached to an aromatic ring is 1. The van der Waals surface area contributed by atoms with E-state index in [4.69, 9.17) is 5.73 Å².